The number of alkyl halides is 3. The Kier molecular flexibility index (Phi) is 9.35. The number of carboxylic acid groups (broad SMARTS) is 1. The molecule has 0 bridgehead atoms. The Hall–Kier alpha value is -4.30. The topological polar surface area (TPSA) is 145 Å². The number of halogens is 3. The zero-order valence-electron chi connectivity index (χ0n) is 21.8. The third-order valence-corrected chi connectivity index (χ3v) is 6.55. The summed E-state index contributed by atoms with van der Waals surface area (Å²) in [6, 6.07) is 17.3. The van der Waals surface area contributed by atoms with Gasteiger partial charge in [0.05, 0.1) is 11.4 Å². The van der Waals surface area contributed by atoms with Crippen molar-refractivity contribution in [3.63, 3.8) is 0 Å². The number of ether oxygens (including phenoxy) is 1. The molecule has 4 aromatic rings. The van der Waals surface area contributed by atoms with E-state index in [9.17, 15) is 18.0 Å². The third kappa shape index (κ3) is 7.89. The van der Waals surface area contributed by atoms with Crippen LogP contribution >= 0.6 is 12.2 Å². The molecule has 2 aromatic heterocycles. The first kappa shape index (κ1) is 29.7. The molecule has 2 aromatic carbocycles. The van der Waals surface area contributed by atoms with E-state index in [-0.39, 0.29) is 17.9 Å². The zero-order chi connectivity index (χ0) is 29.6. The number of piperidine rings is 1. The van der Waals surface area contributed by atoms with Crippen molar-refractivity contribution in [2.45, 2.75) is 38.1 Å². The summed E-state index contributed by atoms with van der Waals surface area (Å²) in [6.07, 6.45) is -4.27. The second kappa shape index (κ2) is 12.9. The molecule has 1 amide bonds. The molecule has 0 aliphatic carbocycles. The van der Waals surface area contributed by atoms with Crippen LogP contribution in [0, 0.1) is 11.7 Å². The van der Waals surface area contributed by atoms with Gasteiger partial charge in [-0.05, 0) is 68.5 Å². The van der Waals surface area contributed by atoms with Crippen molar-refractivity contribution >= 4 is 35.0 Å². The number of hydrogen-bond donors (Lipinski definition) is 5. The number of hydrogen-bond acceptors (Lipinski definition) is 7. The number of aromatic nitrogens is 4. The maximum Gasteiger partial charge on any atom is 0.490 e. The van der Waals surface area contributed by atoms with Crippen molar-refractivity contribution in [3.05, 3.63) is 82.0 Å². The van der Waals surface area contributed by atoms with Crippen molar-refractivity contribution in [2.24, 2.45) is 0 Å². The average molecular weight is 589 g/mol. The molecule has 216 valence electrons. The third-order valence-electron chi connectivity index (χ3n) is 6.35. The van der Waals surface area contributed by atoms with Gasteiger partial charge in [-0.15, -0.1) is 0 Å². The highest BCUT2D eigenvalue weighted by Gasteiger charge is 2.38. The summed E-state index contributed by atoms with van der Waals surface area (Å²) in [5.41, 5.74) is 3.58. The number of carbonyl (C=O) groups is 2. The summed E-state index contributed by atoms with van der Waals surface area (Å²) in [4.78, 5) is 29.5. The highest BCUT2D eigenvalue weighted by molar-refractivity contribution is 7.71. The van der Waals surface area contributed by atoms with Crippen molar-refractivity contribution in [3.8, 4) is 5.75 Å². The minimum Gasteiger partial charge on any atom is -0.489 e. The van der Waals surface area contributed by atoms with Gasteiger partial charge in [0.2, 0.25) is 0 Å². The van der Waals surface area contributed by atoms with E-state index in [1.54, 1.807) is 12.1 Å². The van der Waals surface area contributed by atoms with Crippen LogP contribution in [-0.2, 0) is 11.4 Å². The summed E-state index contributed by atoms with van der Waals surface area (Å²) < 4.78 is 38.2. The molecule has 3 heterocycles. The molecule has 41 heavy (non-hydrogen) atoms. The smallest absolute Gasteiger partial charge is 0.489 e. The van der Waals surface area contributed by atoms with Gasteiger partial charge in [-0.1, -0.05) is 18.2 Å². The van der Waals surface area contributed by atoms with Crippen LogP contribution in [-0.4, -0.2) is 62.5 Å². The minimum absolute atomic E-state index is 0.0203. The Morgan fingerprint density at radius 3 is 2.54 bits per heavy atom. The molecule has 0 spiro atoms. The number of carbonyl (C=O) groups excluding carboxylic acids is 1. The fraction of sp³-hybridized carbons (Fsp3) is 0.296. The summed E-state index contributed by atoms with van der Waals surface area (Å²) in [6.45, 7) is 3.97. The van der Waals surface area contributed by atoms with E-state index >= 15 is 0 Å². The number of carboxylic acids is 1. The van der Waals surface area contributed by atoms with Gasteiger partial charge in [0.15, 0.2) is 4.77 Å². The zero-order valence-corrected chi connectivity index (χ0v) is 22.6. The van der Waals surface area contributed by atoms with E-state index < -0.39 is 12.1 Å². The molecule has 1 aliphatic heterocycles. The summed E-state index contributed by atoms with van der Waals surface area (Å²) in [5, 5.41) is 21.7. The molecule has 14 heteroatoms. The van der Waals surface area contributed by atoms with Crippen LogP contribution in [0.4, 0.5) is 13.2 Å². The number of nitrogens with one attached hydrogen (secondary N) is 4. The first-order valence-electron chi connectivity index (χ1n) is 12.6. The Bertz CT molecular complexity index is 1570. The number of para-hydroxylation sites is 1. The van der Waals surface area contributed by atoms with Gasteiger partial charge >= 0.3 is 12.1 Å². The van der Waals surface area contributed by atoms with Gasteiger partial charge in [0.25, 0.3) is 5.91 Å². The van der Waals surface area contributed by atoms with E-state index in [0.717, 1.165) is 47.5 Å². The Morgan fingerprint density at radius 1 is 1.17 bits per heavy atom. The standard InChI is InChI=1S/C25H26N6O2S.C2HF3O2/c1-15-12-17(19-4-2-3-5-21(19)27-15)14-33-18-8-6-16(7-9-18)24(32)28-22-10-11-26-13-20(22)23-29-25(34)31-30-23;3-2(4,5)1(6)7/h2-9,12,20,22,26H,10-11,13-14H2,1H3,(H,28,32)(H2,29,30,31,34);(H,6,7). The lowest BCUT2D eigenvalue weighted by Crippen LogP contribution is -2.48. The quantitative estimate of drug-likeness (QED) is 0.208. The van der Waals surface area contributed by atoms with E-state index in [4.69, 9.17) is 26.9 Å². The molecular weight excluding hydrogens is 561 g/mol. The van der Waals surface area contributed by atoms with E-state index in [1.807, 2.05) is 43.3 Å². The fourth-order valence-corrected chi connectivity index (χ4v) is 4.56. The molecule has 2 unspecified atom stereocenters. The van der Waals surface area contributed by atoms with Gasteiger partial charge < -0.3 is 25.5 Å². The first-order valence-corrected chi connectivity index (χ1v) is 13.0. The Balaban J connectivity index is 0.000000493. The predicted octanol–water partition coefficient (Wildman–Crippen LogP) is 4.41. The SMILES string of the molecule is Cc1cc(COc2ccc(C(=O)NC3CCNCC3c3n[nH]c(=S)[nH]3)cc2)c2ccccc2n1.O=C(O)C(F)(F)F. The Morgan fingerprint density at radius 2 is 1.88 bits per heavy atom. The summed E-state index contributed by atoms with van der Waals surface area (Å²) in [7, 11) is 0. The van der Waals surface area contributed by atoms with Crippen LogP contribution in [0.25, 0.3) is 10.9 Å². The predicted molar refractivity (Wildman–Crippen MR) is 146 cm³/mol. The number of nitrogens with zero attached hydrogens (tertiary/aromatic N) is 2. The highest BCUT2D eigenvalue weighted by atomic mass is 32.1. The molecule has 0 saturated carbocycles. The average Bonchev–Trinajstić information content (AvgIpc) is 3.38. The molecule has 5 N–H and O–H groups in total. The monoisotopic (exact) mass is 588 g/mol. The number of aliphatic carboxylic acids is 1. The molecule has 1 fully saturated rings. The van der Waals surface area contributed by atoms with Crippen molar-refractivity contribution < 1.29 is 32.6 Å². The van der Waals surface area contributed by atoms with E-state index in [1.165, 1.54) is 0 Å². The minimum atomic E-state index is -5.08. The molecule has 1 saturated heterocycles. The second-order valence-electron chi connectivity index (χ2n) is 9.30. The molecule has 10 nitrogen and oxygen atoms in total. The van der Waals surface area contributed by atoms with E-state index in [0.29, 0.717) is 22.7 Å². The van der Waals surface area contributed by atoms with Crippen LogP contribution in [0.5, 0.6) is 5.75 Å². The number of aryl methyl sites for hydroxylation is 1. The van der Waals surface area contributed by atoms with Crippen LogP contribution in [0.3, 0.4) is 0 Å². The van der Waals surface area contributed by atoms with Crippen molar-refractivity contribution in [1.82, 2.24) is 30.8 Å². The van der Waals surface area contributed by atoms with Gasteiger partial charge in [0, 0.05) is 34.8 Å². The van der Waals surface area contributed by atoms with Crippen molar-refractivity contribution in [2.75, 3.05) is 13.1 Å². The molecular formula is C27H27F3N6O4S. The van der Waals surface area contributed by atoms with Crippen LogP contribution in [0.1, 0.15) is 39.8 Å². The second-order valence-corrected chi connectivity index (χ2v) is 9.71. The fourth-order valence-electron chi connectivity index (χ4n) is 4.41. The van der Waals surface area contributed by atoms with Gasteiger partial charge in [-0.3, -0.25) is 14.9 Å². The normalized spacial score (nSPS) is 16.9. The van der Waals surface area contributed by atoms with Gasteiger partial charge in [-0.2, -0.15) is 18.3 Å². The Labute approximate surface area is 237 Å². The van der Waals surface area contributed by atoms with Gasteiger partial charge in [-0.25, -0.2) is 4.79 Å². The summed E-state index contributed by atoms with van der Waals surface area (Å²) >= 11 is 5.10. The number of aromatic amines is 2. The lowest BCUT2D eigenvalue weighted by atomic mass is 9.92. The molecule has 1 aliphatic rings. The molecule has 5 rings (SSSR count). The maximum atomic E-state index is 12.9. The maximum absolute atomic E-state index is 12.9. The number of benzene rings is 2. The number of amides is 1. The van der Waals surface area contributed by atoms with E-state index in [2.05, 4.69) is 36.9 Å². The number of H-pyrrole nitrogens is 2. The highest BCUT2D eigenvalue weighted by Crippen LogP contribution is 2.23. The van der Waals surface area contributed by atoms with Gasteiger partial charge in [0.1, 0.15) is 18.2 Å². The number of rotatable bonds is 6. The first-order chi connectivity index (χ1) is 19.5. The largest absolute Gasteiger partial charge is 0.490 e. The molecule has 2 atom stereocenters. The number of pyridine rings is 1. The van der Waals surface area contributed by atoms with Crippen LogP contribution in [0.15, 0.2) is 54.6 Å². The summed E-state index contributed by atoms with van der Waals surface area (Å²) in [5.74, 6) is -1.39. The lowest BCUT2D eigenvalue weighted by molar-refractivity contribution is -0.192. The van der Waals surface area contributed by atoms with Crippen LogP contribution in [0.2, 0.25) is 0 Å². The molecule has 0 radical (unpaired) electrons. The number of fused-ring (bicyclic) bond motifs is 1. The van der Waals surface area contributed by atoms with Crippen molar-refractivity contribution in [1.29, 1.82) is 0 Å². The lowest BCUT2D eigenvalue weighted by Gasteiger charge is -2.31. The van der Waals surface area contributed by atoms with Crippen LogP contribution < -0.4 is 15.4 Å².